The first-order valence-corrected chi connectivity index (χ1v) is 6.54. The highest BCUT2D eigenvalue weighted by molar-refractivity contribution is 7.99. The average molecular weight is 266 g/mol. The maximum atomic E-state index is 9.23. The molecule has 0 fully saturated rings. The lowest BCUT2D eigenvalue weighted by Gasteiger charge is -2.04. The molecule has 5 heteroatoms. The van der Waals surface area contributed by atoms with Gasteiger partial charge < -0.3 is 4.57 Å². The van der Waals surface area contributed by atoms with Crippen LogP contribution >= 0.6 is 11.8 Å². The average Bonchev–Trinajstić information content (AvgIpc) is 2.83. The number of hydrogen-bond donors (Lipinski definition) is 0. The third kappa shape index (κ3) is 2.18. The van der Waals surface area contributed by atoms with Crippen molar-refractivity contribution in [1.82, 2.24) is 14.5 Å². The molecule has 2 aromatic heterocycles. The molecule has 0 unspecified atom stereocenters. The van der Waals surface area contributed by atoms with Gasteiger partial charge >= 0.3 is 0 Å². The fourth-order valence-electron chi connectivity index (χ4n) is 1.84. The largest absolute Gasteiger partial charge is 0.329 e. The maximum Gasteiger partial charge on any atom is 0.174 e. The van der Waals surface area contributed by atoms with E-state index in [-0.39, 0.29) is 0 Å². The van der Waals surface area contributed by atoms with Crippen molar-refractivity contribution in [1.29, 1.82) is 5.26 Å². The molecule has 0 N–H and O–H groups in total. The van der Waals surface area contributed by atoms with Crippen molar-refractivity contribution in [2.75, 3.05) is 0 Å². The molecule has 92 valence electrons. The summed E-state index contributed by atoms with van der Waals surface area (Å²) < 4.78 is 1.92. The van der Waals surface area contributed by atoms with Gasteiger partial charge in [0, 0.05) is 24.8 Å². The summed E-state index contributed by atoms with van der Waals surface area (Å²) in [6.45, 7) is 0. The molecule has 0 saturated heterocycles. The Labute approximate surface area is 114 Å². The normalized spacial score (nSPS) is 10.5. The lowest BCUT2D eigenvalue weighted by molar-refractivity contribution is 0.789. The van der Waals surface area contributed by atoms with E-state index in [1.54, 1.807) is 6.20 Å². The van der Waals surface area contributed by atoms with Gasteiger partial charge in [0.2, 0.25) is 0 Å². The smallest absolute Gasteiger partial charge is 0.174 e. The van der Waals surface area contributed by atoms with Crippen LogP contribution in [0.2, 0.25) is 0 Å². The van der Waals surface area contributed by atoms with Gasteiger partial charge in [-0.3, -0.25) is 0 Å². The molecule has 0 spiro atoms. The van der Waals surface area contributed by atoms with E-state index in [2.05, 4.69) is 16.0 Å². The molecule has 3 rings (SSSR count). The van der Waals surface area contributed by atoms with E-state index >= 15 is 0 Å². The van der Waals surface area contributed by atoms with E-state index in [4.69, 9.17) is 0 Å². The minimum absolute atomic E-state index is 0.641. The van der Waals surface area contributed by atoms with E-state index in [0.717, 1.165) is 21.1 Å². The van der Waals surface area contributed by atoms with Gasteiger partial charge in [0.1, 0.15) is 5.03 Å². The molecule has 4 nitrogen and oxygen atoms in total. The first-order chi connectivity index (χ1) is 9.28. The van der Waals surface area contributed by atoms with E-state index < -0.39 is 0 Å². The number of fused-ring (bicyclic) bond motifs is 1. The summed E-state index contributed by atoms with van der Waals surface area (Å²) in [5.41, 5.74) is 1.47. The SMILES string of the molecule is Cn1ccnc1Sc1cc(C#N)c2ccccc2n1. The Morgan fingerprint density at radius 2 is 2.16 bits per heavy atom. The van der Waals surface area contributed by atoms with Crippen molar-refractivity contribution in [2.45, 2.75) is 10.2 Å². The zero-order valence-corrected chi connectivity index (χ0v) is 11.1. The molecular formula is C14H10N4S. The van der Waals surface area contributed by atoms with Crippen LogP contribution in [0.25, 0.3) is 10.9 Å². The van der Waals surface area contributed by atoms with Crippen LogP contribution in [-0.2, 0) is 7.05 Å². The highest BCUT2D eigenvalue weighted by Gasteiger charge is 2.08. The molecule has 0 amide bonds. The lowest BCUT2D eigenvalue weighted by atomic mass is 10.1. The standard InChI is InChI=1S/C14H10N4S/c1-18-7-6-16-14(18)19-13-8-10(9-15)11-4-2-3-5-12(11)17-13/h2-8H,1H3. The Morgan fingerprint density at radius 3 is 2.89 bits per heavy atom. The van der Waals surface area contributed by atoms with Gasteiger partial charge in [-0.25, -0.2) is 9.97 Å². The molecule has 0 atom stereocenters. The zero-order valence-electron chi connectivity index (χ0n) is 10.2. The molecular weight excluding hydrogens is 256 g/mol. The first-order valence-electron chi connectivity index (χ1n) is 5.73. The van der Waals surface area contributed by atoms with Gasteiger partial charge in [0.15, 0.2) is 5.16 Å². The van der Waals surface area contributed by atoms with Crippen LogP contribution in [0.4, 0.5) is 0 Å². The predicted molar refractivity (Wildman–Crippen MR) is 73.8 cm³/mol. The van der Waals surface area contributed by atoms with Gasteiger partial charge in [-0.2, -0.15) is 5.26 Å². The molecule has 3 aromatic rings. The highest BCUT2D eigenvalue weighted by atomic mass is 32.2. The van der Waals surface area contributed by atoms with Gasteiger partial charge in [-0.05, 0) is 23.9 Å². The number of nitrogens with zero attached hydrogens (tertiary/aromatic N) is 4. The second-order valence-electron chi connectivity index (χ2n) is 4.06. The van der Waals surface area contributed by atoms with Crippen molar-refractivity contribution in [2.24, 2.45) is 7.05 Å². The number of aryl methyl sites for hydroxylation is 1. The summed E-state index contributed by atoms with van der Waals surface area (Å²) in [5.74, 6) is 0. The van der Waals surface area contributed by atoms with Crippen LogP contribution in [0.1, 0.15) is 5.56 Å². The summed E-state index contributed by atoms with van der Waals surface area (Å²) in [6, 6.07) is 11.7. The quantitative estimate of drug-likeness (QED) is 0.715. The Bertz CT molecular complexity index is 785. The van der Waals surface area contributed by atoms with Crippen LogP contribution in [-0.4, -0.2) is 14.5 Å². The fraction of sp³-hybridized carbons (Fsp3) is 0.0714. The van der Waals surface area contributed by atoms with Gasteiger partial charge in [0.25, 0.3) is 0 Å². The number of para-hydroxylation sites is 1. The second kappa shape index (κ2) is 4.75. The van der Waals surface area contributed by atoms with Crippen molar-refractivity contribution < 1.29 is 0 Å². The monoisotopic (exact) mass is 266 g/mol. The third-order valence-electron chi connectivity index (χ3n) is 2.79. The van der Waals surface area contributed by atoms with E-state index in [0.29, 0.717) is 5.56 Å². The Morgan fingerprint density at radius 1 is 1.32 bits per heavy atom. The molecule has 2 heterocycles. The topological polar surface area (TPSA) is 54.5 Å². The minimum Gasteiger partial charge on any atom is -0.329 e. The Balaban J connectivity index is 2.10. The predicted octanol–water partition coefficient (Wildman–Crippen LogP) is 2.99. The van der Waals surface area contributed by atoms with Crippen molar-refractivity contribution in [3.63, 3.8) is 0 Å². The number of benzene rings is 1. The van der Waals surface area contributed by atoms with Gasteiger partial charge in [-0.1, -0.05) is 18.2 Å². The molecule has 1 aromatic carbocycles. The second-order valence-corrected chi connectivity index (χ2v) is 5.05. The molecule has 0 aliphatic carbocycles. The number of imidazole rings is 1. The summed E-state index contributed by atoms with van der Waals surface area (Å²) in [4.78, 5) is 8.81. The number of rotatable bonds is 2. The van der Waals surface area contributed by atoms with Crippen LogP contribution in [0.3, 0.4) is 0 Å². The van der Waals surface area contributed by atoms with E-state index in [1.165, 1.54) is 11.8 Å². The van der Waals surface area contributed by atoms with Crippen LogP contribution in [0.15, 0.2) is 52.9 Å². The van der Waals surface area contributed by atoms with Crippen molar-refractivity contribution in [3.8, 4) is 6.07 Å². The summed E-state index contributed by atoms with van der Waals surface area (Å²) in [7, 11) is 1.93. The van der Waals surface area contributed by atoms with Crippen LogP contribution in [0, 0.1) is 11.3 Å². The Hall–Kier alpha value is -2.32. The third-order valence-corrected chi connectivity index (χ3v) is 3.78. The molecule has 0 radical (unpaired) electrons. The minimum atomic E-state index is 0.641. The highest BCUT2D eigenvalue weighted by Crippen LogP contribution is 2.28. The molecule has 0 saturated carbocycles. The summed E-state index contributed by atoms with van der Waals surface area (Å²) in [6.07, 6.45) is 3.63. The summed E-state index contributed by atoms with van der Waals surface area (Å²) >= 11 is 1.45. The van der Waals surface area contributed by atoms with E-state index in [1.807, 2.05) is 48.1 Å². The molecule has 0 aliphatic rings. The zero-order chi connectivity index (χ0) is 13.2. The number of pyridine rings is 1. The molecule has 0 aliphatic heterocycles. The van der Waals surface area contributed by atoms with Crippen LogP contribution in [0.5, 0.6) is 0 Å². The van der Waals surface area contributed by atoms with Gasteiger partial charge in [0.05, 0.1) is 17.1 Å². The fourth-order valence-corrected chi connectivity index (χ4v) is 2.67. The maximum absolute atomic E-state index is 9.23. The summed E-state index contributed by atoms with van der Waals surface area (Å²) in [5, 5.41) is 11.8. The van der Waals surface area contributed by atoms with Crippen molar-refractivity contribution in [3.05, 3.63) is 48.3 Å². The number of hydrogen-bond acceptors (Lipinski definition) is 4. The Kier molecular flexibility index (Phi) is 2.94. The van der Waals surface area contributed by atoms with Gasteiger partial charge in [-0.15, -0.1) is 0 Å². The van der Waals surface area contributed by atoms with Crippen LogP contribution < -0.4 is 0 Å². The lowest BCUT2D eigenvalue weighted by Crippen LogP contribution is -1.91. The first kappa shape index (κ1) is 11.8. The van der Waals surface area contributed by atoms with E-state index in [9.17, 15) is 5.26 Å². The number of aromatic nitrogens is 3. The molecule has 19 heavy (non-hydrogen) atoms. The van der Waals surface area contributed by atoms with Crippen molar-refractivity contribution >= 4 is 22.7 Å². The number of nitriles is 1. The molecule has 0 bridgehead atoms.